The average Bonchev–Trinajstić information content (AvgIpc) is 2.87. The third kappa shape index (κ3) is 7.61. The number of aliphatic hydroxyl groups is 1. The molecule has 1 aliphatic heterocycles. The average molecular weight is 564 g/mol. The quantitative estimate of drug-likeness (QED) is 0.267. The Morgan fingerprint density at radius 1 is 0.946 bits per heavy atom. The van der Waals surface area contributed by atoms with E-state index in [4.69, 9.17) is 25.3 Å². The van der Waals surface area contributed by atoms with Crippen molar-refractivity contribution in [2.75, 3.05) is 39.1 Å². The Hall–Kier alpha value is -0.893. The molecule has 1 heterocycles. The van der Waals surface area contributed by atoms with E-state index in [9.17, 15) is 5.11 Å². The Labute approximate surface area is 230 Å². The first-order valence-electron chi connectivity index (χ1n) is 13.7. The number of aliphatic hydroxyl groups excluding tert-OH is 1. The van der Waals surface area contributed by atoms with E-state index < -0.39 is 14.8 Å². The lowest BCUT2D eigenvalue weighted by Crippen LogP contribution is -2.67. The molecule has 206 valence electrons. The first-order chi connectivity index (χ1) is 17.7. The van der Waals surface area contributed by atoms with Crippen molar-refractivity contribution < 1.29 is 18.6 Å². The summed E-state index contributed by atoms with van der Waals surface area (Å²) < 4.78 is 19.1. The second-order valence-electron chi connectivity index (χ2n) is 11.0. The van der Waals surface area contributed by atoms with Crippen LogP contribution in [0.2, 0.25) is 5.04 Å². The summed E-state index contributed by atoms with van der Waals surface area (Å²) >= 11 is 5.85. The molecule has 0 radical (unpaired) electrons. The summed E-state index contributed by atoms with van der Waals surface area (Å²) in [6.07, 6.45) is 2.44. The number of nitrogens with one attached hydrogen (secondary N) is 1. The van der Waals surface area contributed by atoms with Gasteiger partial charge in [0.2, 0.25) is 0 Å². The summed E-state index contributed by atoms with van der Waals surface area (Å²) in [5.74, 6) is 0.669. The highest BCUT2D eigenvalue weighted by Crippen LogP contribution is 2.52. The summed E-state index contributed by atoms with van der Waals surface area (Å²) in [7, 11) is -2.59. The molecular weight excluding hydrogens is 517 g/mol. The Balaban J connectivity index is 1.83. The molecular formula is C29H46NO4PSSi. The largest absolute Gasteiger partial charge is 0.406 e. The van der Waals surface area contributed by atoms with E-state index in [0.717, 1.165) is 25.5 Å². The molecule has 0 aromatic heterocycles. The smallest absolute Gasteiger partial charge is 0.261 e. The summed E-state index contributed by atoms with van der Waals surface area (Å²) in [6, 6.07) is 21.8. The van der Waals surface area contributed by atoms with Gasteiger partial charge in [-0.25, -0.2) is 0 Å². The molecule has 1 aliphatic rings. The maximum atomic E-state index is 9.87. The number of hydrogen-bond acceptors (Lipinski definition) is 6. The molecule has 0 amide bonds. The normalized spacial score (nSPS) is 21.2. The van der Waals surface area contributed by atoms with E-state index in [-0.39, 0.29) is 17.7 Å². The van der Waals surface area contributed by atoms with Crippen molar-refractivity contribution in [2.24, 2.45) is 11.8 Å². The van der Waals surface area contributed by atoms with Crippen LogP contribution in [0.4, 0.5) is 0 Å². The molecule has 8 heteroatoms. The third-order valence-electron chi connectivity index (χ3n) is 7.45. The Bertz CT molecular complexity index is 939. The fourth-order valence-corrected chi connectivity index (χ4v) is 13.7. The van der Waals surface area contributed by atoms with Gasteiger partial charge in [0.15, 0.2) is 6.49 Å². The standard InChI is InChI=1S/C29H46NO4PSSi/c1-6-32-35(36,33-7-2)23-25-21-30-26(20-24(25)18-19-31)22-34-37(29(3,4)5,27-14-10-8-11-15-27)28-16-12-9-13-17-28/h8-17,24-26,30-31H,6-7,18-23H2,1-5H3/t24-,25-,26-/m0/s1. The molecule has 3 rings (SSSR count). The molecule has 0 spiro atoms. The van der Waals surface area contributed by atoms with E-state index in [1.54, 1.807) is 0 Å². The van der Waals surface area contributed by atoms with Crippen LogP contribution in [-0.4, -0.2) is 58.6 Å². The van der Waals surface area contributed by atoms with Crippen LogP contribution in [0, 0.1) is 11.8 Å². The molecule has 2 aromatic carbocycles. The molecule has 2 aromatic rings. The first kappa shape index (κ1) is 30.6. The predicted octanol–water partition coefficient (Wildman–Crippen LogP) is 4.92. The fourth-order valence-electron chi connectivity index (χ4n) is 5.80. The molecule has 2 N–H and O–H groups in total. The van der Waals surface area contributed by atoms with Crippen molar-refractivity contribution in [3.05, 3.63) is 60.7 Å². The zero-order valence-electron chi connectivity index (χ0n) is 23.2. The predicted molar refractivity (Wildman–Crippen MR) is 161 cm³/mol. The van der Waals surface area contributed by atoms with Gasteiger partial charge in [0.25, 0.3) is 8.32 Å². The van der Waals surface area contributed by atoms with Gasteiger partial charge in [0, 0.05) is 18.8 Å². The summed E-state index contributed by atoms with van der Waals surface area (Å²) in [5.41, 5.74) is 0. The summed E-state index contributed by atoms with van der Waals surface area (Å²) in [6.45, 7) is 11.3. The highest BCUT2D eigenvalue weighted by molar-refractivity contribution is 8.09. The Kier molecular flexibility index (Phi) is 11.6. The van der Waals surface area contributed by atoms with E-state index in [1.165, 1.54) is 10.4 Å². The van der Waals surface area contributed by atoms with Gasteiger partial charge < -0.3 is 23.9 Å². The van der Waals surface area contributed by atoms with Crippen LogP contribution in [0.1, 0.15) is 47.5 Å². The van der Waals surface area contributed by atoms with Gasteiger partial charge in [0.1, 0.15) is 0 Å². The maximum absolute atomic E-state index is 9.87. The summed E-state index contributed by atoms with van der Waals surface area (Å²) in [4.78, 5) is 0. The monoisotopic (exact) mass is 563 g/mol. The summed E-state index contributed by atoms with van der Waals surface area (Å²) in [5, 5.41) is 16.2. The van der Waals surface area contributed by atoms with Crippen molar-refractivity contribution in [1.29, 1.82) is 0 Å². The molecule has 1 fully saturated rings. The number of hydrogen-bond donors (Lipinski definition) is 2. The van der Waals surface area contributed by atoms with Gasteiger partial charge in [-0.15, -0.1) is 0 Å². The van der Waals surface area contributed by atoms with E-state index in [1.807, 2.05) is 13.8 Å². The van der Waals surface area contributed by atoms with Gasteiger partial charge >= 0.3 is 0 Å². The van der Waals surface area contributed by atoms with Crippen LogP contribution in [0.5, 0.6) is 0 Å². The number of piperidine rings is 1. The first-order valence-corrected chi connectivity index (χ1v) is 18.4. The lowest BCUT2D eigenvalue weighted by molar-refractivity contribution is 0.136. The number of benzene rings is 2. The van der Waals surface area contributed by atoms with E-state index in [2.05, 4.69) is 86.8 Å². The minimum atomic E-state index is -2.59. The SMILES string of the molecule is CCOP(=S)(C[C@@H]1CN[C@H](CO[Si](c2ccccc2)(c2ccccc2)C(C)(C)C)C[C@@H]1CCO)OCC. The van der Waals surface area contributed by atoms with Crippen molar-refractivity contribution in [3.63, 3.8) is 0 Å². The topological polar surface area (TPSA) is 60.0 Å². The second-order valence-corrected chi connectivity index (χ2v) is 19.1. The van der Waals surface area contributed by atoms with Gasteiger partial charge in [-0.1, -0.05) is 81.4 Å². The highest BCUT2D eigenvalue weighted by atomic mass is 32.5. The Morgan fingerprint density at radius 3 is 1.95 bits per heavy atom. The van der Waals surface area contributed by atoms with Crippen molar-refractivity contribution in [1.82, 2.24) is 5.32 Å². The van der Waals surface area contributed by atoms with Crippen LogP contribution >= 0.6 is 6.49 Å². The maximum Gasteiger partial charge on any atom is 0.261 e. The lowest BCUT2D eigenvalue weighted by Gasteiger charge is -2.45. The van der Waals surface area contributed by atoms with Crippen molar-refractivity contribution in [2.45, 2.75) is 58.5 Å². The highest BCUT2D eigenvalue weighted by Gasteiger charge is 2.50. The van der Waals surface area contributed by atoms with Gasteiger partial charge in [-0.2, -0.15) is 0 Å². The van der Waals surface area contributed by atoms with Gasteiger partial charge in [0.05, 0.1) is 19.8 Å². The molecule has 37 heavy (non-hydrogen) atoms. The van der Waals surface area contributed by atoms with Crippen LogP contribution in [-0.2, 0) is 25.3 Å². The van der Waals surface area contributed by atoms with E-state index in [0.29, 0.717) is 31.7 Å². The second kappa shape index (κ2) is 13.9. The minimum Gasteiger partial charge on any atom is -0.406 e. The van der Waals surface area contributed by atoms with Crippen molar-refractivity contribution in [3.8, 4) is 0 Å². The van der Waals surface area contributed by atoms with Crippen LogP contribution in [0.25, 0.3) is 0 Å². The zero-order valence-corrected chi connectivity index (χ0v) is 25.9. The minimum absolute atomic E-state index is 0.0567. The Morgan fingerprint density at radius 2 is 1.49 bits per heavy atom. The molecule has 0 unspecified atom stereocenters. The molecule has 5 nitrogen and oxygen atoms in total. The fraction of sp³-hybridized carbons (Fsp3) is 0.586. The molecule has 0 bridgehead atoms. The van der Waals surface area contributed by atoms with Crippen LogP contribution < -0.4 is 15.7 Å². The van der Waals surface area contributed by atoms with Crippen LogP contribution in [0.15, 0.2) is 60.7 Å². The van der Waals surface area contributed by atoms with E-state index >= 15 is 0 Å². The van der Waals surface area contributed by atoms with Crippen LogP contribution in [0.3, 0.4) is 0 Å². The molecule has 3 atom stereocenters. The molecule has 0 aliphatic carbocycles. The lowest BCUT2D eigenvalue weighted by atomic mass is 9.82. The zero-order chi connectivity index (χ0) is 26.9. The van der Waals surface area contributed by atoms with Gasteiger partial charge in [-0.05, 0) is 72.3 Å². The molecule has 1 saturated heterocycles. The van der Waals surface area contributed by atoms with Crippen molar-refractivity contribution >= 4 is 37.0 Å². The number of rotatable bonds is 13. The van der Waals surface area contributed by atoms with Gasteiger partial charge in [-0.3, -0.25) is 0 Å². The third-order valence-corrected chi connectivity index (χ3v) is 15.8. The molecule has 0 saturated carbocycles.